The summed E-state index contributed by atoms with van der Waals surface area (Å²) in [6, 6.07) is 6.02. The van der Waals surface area contributed by atoms with Crippen molar-refractivity contribution < 1.29 is 14.2 Å². The molecule has 0 aliphatic carbocycles. The SMILES string of the molecule is COCNCC(C)(C)c1ccc(OC)c(OC)c1. The van der Waals surface area contributed by atoms with Gasteiger partial charge in [-0.1, -0.05) is 19.9 Å². The maximum atomic E-state index is 5.33. The van der Waals surface area contributed by atoms with E-state index in [0.29, 0.717) is 6.73 Å². The Hall–Kier alpha value is -1.26. The van der Waals surface area contributed by atoms with Gasteiger partial charge in [0.25, 0.3) is 0 Å². The molecule has 0 heterocycles. The molecule has 0 saturated heterocycles. The van der Waals surface area contributed by atoms with Gasteiger partial charge in [0.05, 0.1) is 21.0 Å². The summed E-state index contributed by atoms with van der Waals surface area (Å²) in [6.07, 6.45) is 0. The van der Waals surface area contributed by atoms with E-state index in [1.165, 1.54) is 5.56 Å². The molecule has 4 heteroatoms. The van der Waals surface area contributed by atoms with Gasteiger partial charge in [0.1, 0.15) is 0 Å². The van der Waals surface area contributed by atoms with Crippen molar-refractivity contribution in [3.8, 4) is 11.5 Å². The van der Waals surface area contributed by atoms with Crippen LogP contribution in [0, 0.1) is 0 Å². The maximum absolute atomic E-state index is 5.33. The molecule has 1 aromatic carbocycles. The number of benzene rings is 1. The Morgan fingerprint density at radius 2 is 1.72 bits per heavy atom. The minimum Gasteiger partial charge on any atom is -0.493 e. The zero-order chi connectivity index (χ0) is 13.6. The van der Waals surface area contributed by atoms with Crippen LogP contribution < -0.4 is 14.8 Å². The zero-order valence-corrected chi connectivity index (χ0v) is 11.9. The molecule has 0 atom stereocenters. The molecular weight excluding hydrogens is 230 g/mol. The number of ether oxygens (including phenoxy) is 3. The average Bonchev–Trinajstić information content (AvgIpc) is 2.38. The van der Waals surface area contributed by atoms with Crippen LogP contribution in [0.5, 0.6) is 11.5 Å². The fraction of sp³-hybridized carbons (Fsp3) is 0.571. The van der Waals surface area contributed by atoms with Crippen LogP contribution >= 0.6 is 0 Å². The number of hydrogen-bond donors (Lipinski definition) is 1. The molecule has 0 amide bonds. The number of rotatable bonds is 7. The fourth-order valence-electron chi connectivity index (χ4n) is 1.82. The van der Waals surface area contributed by atoms with Crippen molar-refractivity contribution in [1.82, 2.24) is 5.32 Å². The summed E-state index contributed by atoms with van der Waals surface area (Å²) in [6.45, 7) is 5.74. The molecule has 1 aromatic rings. The molecule has 1 N–H and O–H groups in total. The van der Waals surface area contributed by atoms with Crippen LogP contribution in [0.15, 0.2) is 18.2 Å². The topological polar surface area (TPSA) is 39.7 Å². The molecule has 0 unspecified atom stereocenters. The third-order valence-corrected chi connectivity index (χ3v) is 2.98. The average molecular weight is 253 g/mol. The predicted molar refractivity (Wildman–Crippen MR) is 72.5 cm³/mol. The molecule has 102 valence electrons. The van der Waals surface area contributed by atoms with Crippen molar-refractivity contribution in [2.24, 2.45) is 0 Å². The van der Waals surface area contributed by atoms with Gasteiger partial charge in [0.15, 0.2) is 11.5 Å². The molecule has 4 nitrogen and oxygen atoms in total. The van der Waals surface area contributed by atoms with Crippen LogP contribution in [0.4, 0.5) is 0 Å². The van der Waals surface area contributed by atoms with Gasteiger partial charge in [-0.2, -0.15) is 0 Å². The normalized spacial score (nSPS) is 11.4. The van der Waals surface area contributed by atoms with Crippen LogP contribution in [-0.4, -0.2) is 34.6 Å². The first kappa shape index (κ1) is 14.8. The van der Waals surface area contributed by atoms with E-state index in [2.05, 4.69) is 25.2 Å². The molecule has 0 aliphatic rings. The highest BCUT2D eigenvalue weighted by Gasteiger charge is 2.21. The second-order valence-corrected chi connectivity index (χ2v) is 4.81. The lowest BCUT2D eigenvalue weighted by atomic mass is 9.84. The summed E-state index contributed by atoms with van der Waals surface area (Å²) in [5.41, 5.74) is 1.20. The summed E-state index contributed by atoms with van der Waals surface area (Å²) in [5, 5.41) is 3.25. The molecule has 1 rings (SSSR count). The highest BCUT2D eigenvalue weighted by atomic mass is 16.5. The Labute approximate surface area is 109 Å². The Bertz CT molecular complexity index is 377. The van der Waals surface area contributed by atoms with E-state index in [1.54, 1.807) is 21.3 Å². The Morgan fingerprint density at radius 1 is 1.06 bits per heavy atom. The molecule has 0 radical (unpaired) electrons. The number of hydrogen-bond acceptors (Lipinski definition) is 4. The van der Waals surface area contributed by atoms with Gasteiger partial charge in [0.2, 0.25) is 0 Å². The van der Waals surface area contributed by atoms with Crippen LogP contribution in [-0.2, 0) is 10.2 Å². The van der Waals surface area contributed by atoms with Gasteiger partial charge >= 0.3 is 0 Å². The second kappa shape index (κ2) is 6.61. The van der Waals surface area contributed by atoms with Crippen LogP contribution in [0.2, 0.25) is 0 Å². The first-order valence-electron chi connectivity index (χ1n) is 5.97. The van der Waals surface area contributed by atoms with Crippen molar-refractivity contribution in [2.45, 2.75) is 19.3 Å². The van der Waals surface area contributed by atoms with E-state index < -0.39 is 0 Å². The lowest BCUT2D eigenvalue weighted by Crippen LogP contribution is -2.33. The van der Waals surface area contributed by atoms with E-state index in [-0.39, 0.29) is 5.41 Å². The lowest BCUT2D eigenvalue weighted by molar-refractivity contribution is 0.169. The monoisotopic (exact) mass is 253 g/mol. The maximum Gasteiger partial charge on any atom is 0.161 e. The minimum atomic E-state index is -0.00190. The van der Waals surface area contributed by atoms with Crippen molar-refractivity contribution in [3.05, 3.63) is 23.8 Å². The predicted octanol–water partition coefficient (Wildman–Crippen LogP) is 2.17. The van der Waals surface area contributed by atoms with Gasteiger partial charge in [0, 0.05) is 19.1 Å². The summed E-state index contributed by atoms with van der Waals surface area (Å²) < 4.78 is 15.6. The Morgan fingerprint density at radius 3 is 2.28 bits per heavy atom. The van der Waals surface area contributed by atoms with E-state index in [4.69, 9.17) is 14.2 Å². The van der Waals surface area contributed by atoms with Gasteiger partial charge in [-0.05, 0) is 17.7 Å². The van der Waals surface area contributed by atoms with Gasteiger partial charge in [-0.3, -0.25) is 5.32 Å². The third kappa shape index (κ3) is 3.62. The van der Waals surface area contributed by atoms with E-state index >= 15 is 0 Å². The summed E-state index contributed by atoms with van der Waals surface area (Å²) in [5.74, 6) is 1.51. The zero-order valence-electron chi connectivity index (χ0n) is 11.9. The fourth-order valence-corrected chi connectivity index (χ4v) is 1.82. The molecule has 0 saturated carbocycles. The first-order chi connectivity index (χ1) is 8.55. The highest BCUT2D eigenvalue weighted by Crippen LogP contribution is 2.32. The first-order valence-corrected chi connectivity index (χ1v) is 5.97. The molecule has 18 heavy (non-hydrogen) atoms. The largest absolute Gasteiger partial charge is 0.493 e. The van der Waals surface area contributed by atoms with Crippen LogP contribution in [0.3, 0.4) is 0 Å². The van der Waals surface area contributed by atoms with Gasteiger partial charge in [-0.15, -0.1) is 0 Å². The van der Waals surface area contributed by atoms with Crippen molar-refractivity contribution >= 4 is 0 Å². The van der Waals surface area contributed by atoms with Crippen LogP contribution in [0.1, 0.15) is 19.4 Å². The Balaban J connectivity index is 2.87. The van der Waals surface area contributed by atoms with E-state index in [1.807, 2.05) is 12.1 Å². The smallest absolute Gasteiger partial charge is 0.161 e. The molecular formula is C14H23NO3. The summed E-state index contributed by atoms with van der Waals surface area (Å²) >= 11 is 0. The number of nitrogens with one attached hydrogen (secondary N) is 1. The molecule has 0 fully saturated rings. The van der Waals surface area contributed by atoms with Crippen molar-refractivity contribution in [2.75, 3.05) is 34.6 Å². The van der Waals surface area contributed by atoms with Crippen molar-refractivity contribution in [1.29, 1.82) is 0 Å². The molecule has 0 spiro atoms. The number of methoxy groups -OCH3 is 3. The highest BCUT2D eigenvalue weighted by molar-refractivity contribution is 5.45. The standard InChI is InChI=1S/C14H23NO3/c1-14(2,9-15-10-16-3)11-6-7-12(17-4)13(8-11)18-5/h6-8,15H,9-10H2,1-5H3. The van der Waals surface area contributed by atoms with Gasteiger partial charge in [-0.25, -0.2) is 0 Å². The molecule has 0 bridgehead atoms. The second-order valence-electron chi connectivity index (χ2n) is 4.81. The third-order valence-electron chi connectivity index (χ3n) is 2.98. The summed E-state index contributed by atoms with van der Waals surface area (Å²) in [7, 11) is 4.97. The quantitative estimate of drug-likeness (QED) is 0.597. The van der Waals surface area contributed by atoms with E-state index in [0.717, 1.165) is 18.0 Å². The van der Waals surface area contributed by atoms with Crippen molar-refractivity contribution in [3.63, 3.8) is 0 Å². The summed E-state index contributed by atoms with van der Waals surface area (Å²) in [4.78, 5) is 0. The van der Waals surface area contributed by atoms with E-state index in [9.17, 15) is 0 Å². The molecule has 0 aliphatic heterocycles. The van der Waals surface area contributed by atoms with Crippen LogP contribution in [0.25, 0.3) is 0 Å². The van der Waals surface area contributed by atoms with Gasteiger partial charge < -0.3 is 14.2 Å². The minimum absolute atomic E-state index is 0.00190. The lowest BCUT2D eigenvalue weighted by Gasteiger charge is -2.26. The Kier molecular flexibility index (Phi) is 5.44. The molecule has 0 aromatic heterocycles.